The fourth-order valence-electron chi connectivity index (χ4n) is 3.21. The molecule has 0 radical (unpaired) electrons. The van der Waals surface area contributed by atoms with E-state index in [1.807, 2.05) is 6.07 Å². The number of aliphatic hydroxyl groups is 1. The number of ether oxygens (including phenoxy) is 1. The van der Waals surface area contributed by atoms with E-state index in [1.54, 1.807) is 7.11 Å². The van der Waals surface area contributed by atoms with Crippen molar-refractivity contribution in [3.05, 3.63) is 29.8 Å². The molecule has 2 rings (SSSR count). The molecule has 1 aromatic rings. The zero-order valence-corrected chi connectivity index (χ0v) is 13.5. The van der Waals surface area contributed by atoms with Gasteiger partial charge in [-0.05, 0) is 74.8 Å². The maximum absolute atomic E-state index is 9.57. The highest BCUT2D eigenvalue weighted by atomic mass is 16.5. The van der Waals surface area contributed by atoms with Crippen LogP contribution in [0.2, 0.25) is 0 Å². The van der Waals surface area contributed by atoms with Gasteiger partial charge in [-0.2, -0.15) is 0 Å². The summed E-state index contributed by atoms with van der Waals surface area (Å²) in [5.74, 6) is 0.946. The SMILES string of the molecule is CCC1(CO)CCN(CCCc2cccc(OC)c2)CC1. The number of aliphatic hydroxyl groups excluding tert-OH is 1. The molecule has 0 unspecified atom stereocenters. The van der Waals surface area contributed by atoms with Crippen LogP contribution in [0.25, 0.3) is 0 Å². The lowest BCUT2D eigenvalue weighted by Gasteiger charge is -2.40. The zero-order chi connectivity index (χ0) is 15.1. The second-order valence-corrected chi connectivity index (χ2v) is 6.31. The first-order valence-corrected chi connectivity index (χ1v) is 8.17. The van der Waals surface area contributed by atoms with Crippen molar-refractivity contribution in [1.82, 2.24) is 4.90 Å². The van der Waals surface area contributed by atoms with Crippen LogP contribution in [0.3, 0.4) is 0 Å². The Morgan fingerprint density at radius 3 is 2.67 bits per heavy atom. The van der Waals surface area contributed by atoms with Crippen LogP contribution in [0.1, 0.15) is 38.2 Å². The largest absolute Gasteiger partial charge is 0.497 e. The number of piperidine rings is 1. The van der Waals surface area contributed by atoms with E-state index in [1.165, 1.54) is 12.0 Å². The molecule has 1 heterocycles. The first kappa shape index (κ1) is 16.3. The van der Waals surface area contributed by atoms with E-state index in [0.717, 1.165) is 51.1 Å². The number of aryl methyl sites for hydroxylation is 1. The quantitative estimate of drug-likeness (QED) is 0.838. The zero-order valence-electron chi connectivity index (χ0n) is 13.5. The average molecular weight is 291 g/mol. The third-order valence-electron chi connectivity index (χ3n) is 5.08. The summed E-state index contributed by atoms with van der Waals surface area (Å²) in [7, 11) is 1.72. The first-order chi connectivity index (χ1) is 10.2. The van der Waals surface area contributed by atoms with Gasteiger partial charge in [0.05, 0.1) is 7.11 Å². The lowest BCUT2D eigenvalue weighted by Crippen LogP contribution is -2.42. The number of likely N-dealkylation sites (tertiary alicyclic amines) is 1. The van der Waals surface area contributed by atoms with Gasteiger partial charge in [-0.25, -0.2) is 0 Å². The fourth-order valence-corrected chi connectivity index (χ4v) is 3.21. The molecule has 118 valence electrons. The Balaban J connectivity index is 1.72. The Bertz CT molecular complexity index is 419. The van der Waals surface area contributed by atoms with Gasteiger partial charge in [0.25, 0.3) is 0 Å². The van der Waals surface area contributed by atoms with E-state index in [9.17, 15) is 5.11 Å². The van der Waals surface area contributed by atoms with Gasteiger partial charge < -0.3 is 14.7 Å². The summed E-state index contributed by atoms with van der Waals surface area (Å²) in [6, 6.07) is 8.36. The molecule has 0 aliphatic carbocycles. The molecule has 0 amide bonds. The third-order valence-corrected chi connectivity index (χ3v) is 5.08. The molecule has 0 saturated carbocycles. The van der Waals surface area contributed by atoms with Gasteiger partial charge in [-0.3, -0.25) is 0 Å². The Labute approximate surface area is 128 Å². The van der Waals surface area contributed by atoms with Crippen LogP contribution < -0.4 is 4.74 Å². The van der Waals surface area contributed by atoms with E-state index in [4.69, 9.17) is 4.74 Å². The maximum Gasteiger partial charge on any atom is 0.119 e. The van der Waals surface area contributed by atoms with Crippen molar-refractivity contribution in [1.29, 1.82) is 0 Å². The molecule has 1 aliphatic rings. The Kier molecular flexibility index (Phi) is 6.07. The Morgan fingerprint density at radius 2 is 2.05 bits per heavy atom. The van der Waals surface area contributed by atoms with Gasteiger partial charge in [0.1, 0.15) is 5.75 Å². The normalized spacial score (nSPS) is 18.6. The van der Waals surface area contributed by atoms with E-state index in [2.05, 4.69) is 30.0 Å². The lowest BCUT2D eigenvalue weighted by atomic mass is 9.77. The van der Waals surface area contributed by atoms with Gasteiger partial charge >= 0.3 is 0 Å². The Hall–Kier alpha value is -1.06. The molecular formula is C18H29NO2. The lowest BCUT2D eigenvalue weighted by molar-refractivity contribution is 0.0407. The van der Waals surface area contributed by atoms with Crippen molar-refractivity contribution in [2.24, 2.45) is 5.41 Å². The first-order valence-electron chi connectivity index (χ1n) is 8.17. The molecule has 0 aromatic heterocycles. The van der Waals surface area contributed by atoms with Crippen LogP contribution in [-0.2, 0) is 6.42 Å². The summed E-state index contributed by atoms with van der Waals surface area (Å²) in [6.07, 6.45) is 5.66. The van der Waals surface area contributed by atoms with Gasteiger partial charge in [-0.15, -0.1) is 0 Å². The summed E-state index contributed by atoms with van der Waals surface area (Å²) < 4.78 is 5.26. The van der Waals surface area contributed by atoms with E-state index in [0.29, 0.717) is 6.61 Å². The predicted molar refractivity (Wildman–Crippen MR) is 86.8 cm³/mol. The molecule has 21 heavy (non-hydrogen) atoms. The molecule has 0 atom stereocenters. The molecular weight excluding hydrogens is 262 g/mol. The van der Waals surface area contributed by atoms with Gasteiger partial charge in [0, 0.05) is 6.61 Å². The van der Waals surface area contributed by atoms with Crippen LogP contribution in [0, 0.1) is 5.41 Å². The van der Waals surface area contributed by atoms with Crippen LogP contribution in [-0.4, -0.2) is 43.4 Å². The number of nitrogens with zero attached hydrogens (tertiary/aromatic N) is 1. The number of hydrogen-bond acceptors (Lipinski definition) is 3. The molecule has 3 heteroatoms. The standard InChI is InChI=1S/C18H29NO2/c1-3-18(15-20)9-12-19(13-10-18)11-5-7-16-6-4-8-17(14-16)21-2/h4,6,8,14,20H,3,5,7,9-13,15H2,1-2H3. The van der Waals surface area contributed by atoms with E-state index >= 15 is 0 Å². The summed E-state index contributed by atoms with van der Waals surface area (Å²) in [5, 5.41) is 9.57. The molecule has 1 aliphatic heterocycles. The highest BCUT2D eigenvalue weighted by molar-refractivity contribution is 5.28. The highest BCUT2D eigenvalue weighted by Crippen LogP contribution is 2.34. The smallest absolute Gasteiger partial charge is 0.119 e. The van der Waals surface area contributed by atoms with Crippen molar-refractivity contribution in [3.63, 3.8) is 0 Å². The van der Waals surface area contributed by atoms with Crippen molar-refractivity contribution >= 4 is 0 Å². The molecule has 1 saturated heterocycles. The second-order valence-electron chi connectivity index (χ2n) is 6.31. The van der Waals surface area contributed by atoms with Gasteiger partial charge in [-0.1, -0.05) is 19.1 Å². The van der Waals surface area contributed by atoms with E-state index < -0.39 is 0 Å². The second kappa shape index (κ2) is 7.81. The summed E-state index contributed by atoms with van der Waals surface area (Å²) in [4.78, 5) is 2.55. The molecule has 0 bridgehead atoms. The molecule has 1 aromatic carbocycles. The van der Waals surface area contributed by atoms with Gasteiger partial charge in [0.15, 0.2) is 0 Å². The average Bonchev–Trinajstić information content (AvgIpc) is 2.56. The number of methoxy groups -OCH3 is 1. The number of hydrogen-bond donors (Lipinski definition) is 1. The van der Waals surface area contributed by atoms with Crippen LogP contribution in [0.15, 0.2) is 24.3 Å². The summed E-state index contributed by atoms with van der Waals surface area (Å²) in [6.45, 7) is 5.97. The van der Waals surface area contributed by atoms with E-state index in [-0.39, 0.29) is 5.41 Å². The Morgan fingerprint density at radius 1 is 1.29 bits per heavy atom. The number of rotatable bonds is 7. The third kappa shape index (κ3) is 4.45. The number of benzene rings is 1. The minimum absolute atomic E-state index is 0.198. The van der Waals surface area contributed by atoms with Gasteiger partial charge in [0.2, 0.25) is 0 Å². The van der Waals surface area contributed by atoms with Crippen LogP contribution >= 0.6 is 0 Å². The summed E-state index contributed by atoms with van der Waals surface area (Å²) >= 11 is 0. The molecule has 1 fully saturated rings. The summed E-state index contributed by atoms with van der Waals surface area (Å²) in [5.41, 5.74) is 1.55. The van der Waals surface area contributed by atoms with Crippen molar-refractivity contribution < 1.29 is 9.84 Å². The van der Waals surface area contributed by atoms with Crippen LogP contribution in [0.4, 0.5) is 0 Å². The van der Waals surface area contributed by atoms with Crippen LogP contribution in [0.5, 0.6) is 5.75 Å². The van der Waals surface area contributed by atoms with Crippen molar-refractivity contribution in [3.8, 4) is 5.75 Å². The topological polar surface area (TPSA) is 32.7 Å². The molecule has 1 N–H and O–H groups in total. The predicted octanol–water partition coefficient (Wildman–Crippen LogP) is 3.11. The van der Waals surface area contributed by atoms with Crippen molar-refractivity contribution in [2.45, 2.75) is 39.0 Å². The monoisotopic (exact) mass is 291 g/mol. The highest BCUT2D eigenvalue weighted by Gasteiger charge is 2.31. The minimum Gasteiger partial charge on any atom is -0.497 e. The molecule has 0 spiro atoms. The molecule has 3 nitrogen and oxygen atoms in total. The maximum atomic E-state index is 9.57. The fraction of sp³-hybridized carbons (Fsp3) is 0.667. The minimum atomic E-state index is 0.198. The van der Waals surface area contributed by atoms with Crippen molar-refractivity contribution in [2.75, 3.05) is 33.4 Å².